The first kappa shape index (κ1) is 25.7. The van der Waals surface area contributed by atoms with Gasteiger partial charge in [-0.1, -0.05) is 6.07 Å². The average molecular weight is 533 g/mol. The smallest absolute Gasteiger partial charge is 0.415 e. The molecule has 0 radical (unpaired) electrons. The van der Waals surface area contributed by atoms with Crippen molar-refractivity contribution in [2.75, 3.05) is 62.9 Å². The van der Waals surface area contributed by atoms with Crippen LogP contribution in [-0.2, 0) is 14.2 Å². The Morgan fingerprint density at radius 1 is 1.05 bits per heavy atom. The van der Waals surface area contributed by atoms with Crippen LogP contribution in [0.1, 0.15) is 59.0 Å². The molecule has 2 aliphatic carbocycles. The molecule has 0 N–H and O–H groups in total. The van der Waals surface area contributed by atoms with Crippen LogP contribution in [0.25, 0.3) is 0 Å². The number of hydrogen-bond donors (Lipinski definition) is 0. The van der Waals surface area contributed by atoms with E-state index in [1.807, 2.05) is 4.90 Å². The Morgan fingerprint density at radius 3 is 2.49 bits per heavy atom. The number of aromatic nitrogens is 1. The Hall–Kier alpha value is -3.59. The Kier molecular flexibility index (Phi) is 7.41. The van der Waals surface area contributed by atoms with Crippen LogP contribution in [0.3, 0.4) is 0 Å². The van der Waals surface area contributed by atoms with E-state index in [1.165, 1.54) is 36.8 Å². The third-order valence-corrected chi connectivity index (χ3v) is 7.95. The number of carbonyl (C=O) groups is 2. The summed E-state index contributed by atoms with van der Waals surface area (Å²) in [7, 11) is 1.61. The number of piperazine rings is 1. The Balaban J connectivity index is 1.07. The normalized spacial score (nSPS) is 21.5. The monoisotopic (exact) mass is 532 g/mol. The minimum atomic E-state index is -0.416. The van der Waals surface area contributed by atoms with E-state index < -0.39 is 6.09 Å². The zero-order valence-corrected chi connectivity index (χ0v) is 22.5. The molecule has 2 aromatic rings. The molecule has 6 rings (SSSR count). The van der Waals surface area contributed by atoms with Gasteiger partial charge in [-0.05, 0) is 79.0 Å². The number of pyridine rings is 1. The predicted molar refractivity (Wildman–Crippen MR) is 147 cm³/mol. The summed E-state index contributed by atoms with van der Waals surface area (Å²) in [6, 6.07) is 9.30. The van der Waals surface area contributed by atoms with Crippen molar-refractivity contribution in [1.82, 2.24) is 9.88 Å². The van der Waals surface area contributed by atoms with Gasteiger partial charge >= 0.3 is 6.09 Å². The zero-order chi connectivity index (χ0) is 26.8. The van der Waals surface area contributed by atoms with Gasteiger partial charge in [-0.25, -0.2) is 9.78 Å². The van der Waals surface area contributed by atoms with E-state index in [4.69, 9.17) is 19.2 Å². The molecule has 1 unspecified atom stereocenters. The van der Waals surface area contributed by atoms with E-state index in [0.29, 0.717) is 49.4 Å². The second kappa shape index (κ2) is 11.3. The summed E-state index contributed by atoms with van der Waals surface area (Å²) in [5.41, 5.74) is 4.10. The highest BCUT2D eigenvalue weighted by Gasteiger charge is 2.34. The second-order valence-electron chi connectivity index (χ2n) is 10.8. The molecule has 4 fully saturated rings. The van der Waals surface area contributed by atoms with Crippen molar-refractivity contribution in [3.05, 3.63) is 65.6 Å². The predicted octanol–water partition coefficient (Wildman–Crippen LogP) is 4.30. The first-order chi connectivity index (χ1) is 19.1. The van der Waals surface area contributed by atoms with Crippen molar-refractivity contribution < 1.29 is 23.8 Å². The van der Waals surface area contributed by atoms with Gasteiger partial charge in [-0.15, -0.1) is 0 Å². The van der Waals surface area contributed by atoms with Crippen LogP contribution in [0.15, 0.2) is 48.9 Å². The summed E-state index contributed by atoms with van der Waals surface area (Å²) in [4.78, 5) is 36.4. The maximum atomic E-state index is 13.3. The number of carbonyl (C=O) groups excluding carboxylic acids is 2. The fraction of sp³-hybridized carbons (Fsp3) is 0.500. The summed E-state index contributed by atoms with van der Waals surface area (Å²) in [6.45, 7) is 4.04. The third kappa shape index (κ3) is 5.73. The van der Waals surface area contributed by atoms with Gasteiger partial charge in [0.25, 0.3) is 5.91 Å². The van der Waals surface area contributed by atoms with Gasteiger partial charge in [0.2, 0.25) is 0 Å². The van der Waals surface area contributed by atoms with E-state index in [2.05, 4.69) is 17.2 Å². The van der Waals surface area contributed by atoms with Crippen molar-refractivity contribution in [2.24, 2.45) is 0 Å². The summed E-state index contributed by atoms with van der Waals surface area (Å²) < 4.78 is 15.6. The van der Waals surface area contributed by atoms with E-state index in [9.17, 15) is 9.59 Å². The standard InChI is InChI=1S/C30H36N4O5/c1-37-16-17-38-15-10-26-20-39-30(36)34(26)25-8-6-23(7-9-25)29(35)33-13-11-32(12-14-33)28-27(22-4-5-22)18-24(19-31-28)21-2-3-21/h6-10,15,18-19,21-22,26H,2-5,11-14,16-17,20H2,1H3/b15-10+. The molecule has 1 aromatic heterocycles. The fourth-order valence-electron chi connectivity index (χ4n) is 5.38. The Bertz CT molecular complexity index is 1220. The molecule has 0 spiro atoms. The second-order valence-corrected chi connectivity index (χ2v) is 10.8. The molecule has 39 heavy (non-hydrogen) atoms. The average Bonchev–Trinajstić information content (AvgIpc) is 3.90. The van der Waals surface area contributed by atoms with Gasteiger partial charge < -0.3 is 24.0 Å². The van der Waals surface area contributed by atoms with Gasteiger partial charge in [0, 0.05) is 50.7 Å². The highest BCUT2D eigenvalue weighted by Crippen LogP contribution is 2.47. The maximum Gasteiger partial charge on any atom is 0.415 e. The summed E-state index contributed by atoms with van der Waals surface area (Å²) in [5.74, 6) is 2.48. The van der Waals surface area contributed by atoms with Gasteiger partial charge in [-0.2, -0.15) is 0 Å². The number of nitrogens with zero attached hydrogens (tertiary/aromatic N) is 4. The molecule has 9 heteroatoms. The zero-order valence-electron chi connectivity index (χ0n) is 22.5. The van der Waals surface area contributed by atoms with Crippen LogP contribution in [0.4, 0.5) is 16.3 Å². The highest BCUT2D eigenvalue weighted by molar-refractivity contribution is 5.96. The molecule has 4 aliphatic rings. The van der Waals surface area contributed by atoms with Gasteiger partial charge in [-0.3, -0.25) is 9.69 Å². The number of hydrogen-bond acceptors (Lipinski definition) is 7. The largest absolute Gasteiger partial charge is 0.499 e. The van der Waals surface area contributed by atoms with Gasteiger partial charge in [0.1, 0.15) is 19.0 Å². The van der Waals surface area contributed by atoms with Gasteiger partial charge in [0.05, 0.1) is 18.9 Å². The van der Waals surface area contributed by atoms with Gasteiger partial charge in [0.15, 0.2) is 0 Å². The highest BCUT2D eigenvalue weighted by atomic mass is 16.6. The number of ether oxygens (including phenoxy) is 3. The molecule has 2 amide bonds. The Labute approximate surface area is 229 Å². The number of rotatable bonds is 10. The van der Waals surface area contributed by atoms with E-state index in [1.54, 1.807) is 48.6 Å². The van der Waals surface area contributed by atoms with E-state index in [-0.39, 0.29) is 18.6 Å². The molecular formula is C30H36N4O5. The quantitative estimate of drug-likeness (QED) is 0.333. The maximum absolute atomic E-state index is 13.3. The topological polar surface area (TPSA) is 84.4 Å². The molecule has 2 aliphatic heterocycles. The third-order valence-electron chi connectivity index (χ3n) is 7.95. The van der Waals surface area contributed by atoms with Crippen LogP contribution < -0.4 is 9.80 Å². The lowest BCUT2D eigenvalue weighted by molar-refractivity contribution is 0.0746. The molecule has 0 bridgehead atoms. The van der Waals surface area contributed by atoms with Crippen molar-refractivity contribution in [1.29, 1.82) is 0 Å². The number of amides is 2. The molecular weight excluding hydrogens is 496 g/mol. The number of methoxy groups -OCH3 is 1. The number of cyclic esters (lactones) is 1. The molecule has 2 saturated carbocycles. The summed E-state index contributed by atoms with van der Waals surface area (Å²) >= 11 is 0. The molecule has 1 aromatic carbocycles. The van der Waals surface area contributed by atoms with Crippen molar-refractivity contribution in [3.63, 3.8) is 0 Å². The van der Waals surface area contributed by atoms with Crippen LogP contribution in [0.2, 0.25) is 0 Å². The summed E-state index contributed by atoms with van der Waals surface area (Å²) in [5, 5.41) is 0. The first-order valence-corrected chi connectivity index (χ1v) is 14.0. The summed E-state index contributed by atoms with van der Waals surface area (Å²) in [6.07, 6.45) is 10.1. The lowest BCUT2D eigenvalue weighted by Gasteiger charge is -2.36. The van der Waals surface area contributed by atoms with Crippen LogP contribution in [-0.4, -0.2) is 81.0 Å². The molecule has 9 nitrogen and oxygen atoms in total. The lowest BCUT2D eigenvalue weighted by atomic mass is 10.1. The van der Waals surface area contributed by atoms with Crippen LogP contribution in [0, 0.1) is 0 Å². The molecule has 1 atom stereocenters. The molecule has 3 heterocycles. The van der Waals surface area contributed by atoms with Crippen molar-refractivity contribution in [3.8, 4) is 0 Å². The fourth-order valence-corrected chi connectivity index (χ4v) is 5.38. The van der Waals surface area contributed by atoms with Crippen molar-refractivity contribution >= 4 is 23.5 Å². The van der Waals surface area contributed by atoms with Crippen LogP contribution in [0.5, 0.6) is 0 Å². The van der Waals surface area contributed by atoms with E-state index >= 15 is 0 Å². The molecule has 206 valence electrons. The SMILES string of the molecule is COCCO/C=C/C1COC(=O)N1c1ccc(C(=O)N2CCN(c3ncc(C4CC4)cc3C3CC3)CC2)cc1. The van der Waals surface area contributed by atoms with Crippen LogP contribution >= 0.6 is 0 Å². The Morgan fingerprint density at radius 2 is 1.79 bits per heavy atom. The lowest BCUT2D eigenvalue weighted by Crippen LogP contribution is -2.49. The van der Waals surface area contributed by atoms with Crippen molar-refractivity contribution in [2.45, 2.75) is 43.6 Å². The minimum absolute atomic E-state index is 0.00708. The molecule has 2 saturated heterocycles. The first-order valence-electron chi connectivity index (χ1n) is 14.0. The van der Waals surface area contributed by atoms with E-state index in [0.717, 1.165) is 18.9 Å². The minimum Gasteiger partial charge on any atom is -0.499 e. The number of anilines is 2. The number of benzene rings is 1.